The van der Waals surface area contributed by atoms with Crippen molar-refractivity contribution < 1.29 is 18.6 Å². The van der Waals surface area contributed by atoms with E-state index in [0.717, 1.165) is 12.1 Å². The van der Waals surface area contributed by atoms with Crippen molar-refractivity contribution in [3.05, 3.63) is 59.2 Å². The van der Waals surface area contributed by atoms with E-state index in [0.29, 0.717) is 0 Å². The lowest BCUT2D eigenvalue weighted by atomic mass is 10.1. The minimum atomic E-state index is -0.927. The molecule has 1 N–H and O–H groups in total. The van der Waals surface area contributed by atoms with E-state index in [-0.39, 0.29) is 22.6 Å². The molecule has 0 unspecified atom stereocenters. The molecule has 5 heteroatoms. The normalized spacial score (nSPS) is 11.8. The van der Waals surface area contributed by atoms with E-state index >= 15 is 0 Å². The maximum absolute atomic E-state index is 13.5. The monoisotopic (exact) mass is 275 g/mol. The zero-order chi connectivity index (χ0) is 14.7. The average Bonchev–Trinajstić information content (AvgIpc) is 2.41. The molecule has 2 aromatic carbocycles. The van der Waals surface area contributed by atoms with Gasteiger partial charge in [0.1, 0.15) is 29.2 Å². The Morgan fingerprint density at radius 3 is 2.55 bits per heavy atom. The van der Waals surface area contributed by atoms with Gasteiger partial charge in [-0.15, -0.1) is 0 Å². The number of rotatable bonds is 3. The Morgan fingerprint density at radius 1 is 1.20 bits per heavy atom. The van der Waals surface area contributed by atoms with E-state index in [1.54, 1.807) is 6.07 Å². The molecule has 0 aliphatic rings. The highest BCUT2D eigenvalue weighted by molar-refractivity contribution is 5.42. The third kappa shape index (κ3) is 2.92. The van der Waals surface area contributed by atoms with Gasteiger partial charge in [-0.2, -0.15) is 5.26 Å². The van der Waals surface area contributed by atoms with Gasteiger partial charge in [0, 0.05) is 11.6 Å². The molecule has 0 heterocycles. The van der Waals surface area contributed by atoms with Gasteiger partial charge in [0.2, 0.25) is 0 Å². The first-order chi connectivity index (χ1) is 9.51. The smallest absolute Gasteiger partial charge is 0.144 e. The van der Waals surface area contributed by atoms with E-state index in [9.17, 15) is 13.9 Å². The highest BCUT2D eigenvalue weighted by atomic mass is 19.1. The van der Waals surface area contributed by atoms with Crippen molar-refractivity contribution in [3.63, 3.8) is 0 Å². The molecule has 0 bridgehead atoms. The second-order valence-corrected chi connectivity index (χ2v) is 4.21. The van der Waals surface area contributed by atoms with Crippen LogP contribution in [0, 0.1) is 23.0 Å². The zero-order valence-electron chi connectivity index (χ0n) is 10.6. The highest BCUT2D eigenvalue weighted by Gasteiger charge is 2.12. The van der Waals surface area contributed by atoms with Gasteiger partial charge in [0.15, 0.2) is 0 Å². The second kappa shape index (κ2) is 5.68. The minimum absolute atomic E-state index is 0.0906. The maximum atomic E-state index is 13.5. The number of nitriles is 1. The summed E-state index contributed by atoms with van der Waals surface area (Å²) in [6.07, 6.45) is -0.927. The van der Waals surface area contributed by atoms with Crippen molar-refractivity contribution in [1.29, 1.82) is 5.26 Å². The highest BCUT2D eigenvalue weighted by Crippen LogP contribution is 2.30. The molecule has 0 saturated carbocycles. The molecular formula is C15H11F2NO2. The number of hydrogen-bond acceptors (Lipinski definition) is 3. The van der Waals surface area contributed by atoms with Gasteiger partial charge in [-0.3, -0.25) is 0 Å². The fourth-order valence-corrected chi connectivity index (χ4v) is 1.72. The molecular weight excluding hydrogens is 264 g/mol. The van der Waals surface area contributed by atoms with Crippen LogP contribution in [0.3, 0.4) is 0 Å². The van der Waals surface area contributed by atoms with Gasteiger partial charge in [-0.25, -0.2) is 8.78 Å². The summed E-state index contributed by atoms with van der Waals surface area (Å²) in [5.41, 5.74) is 0.168. The van der Waals surface area contributed by atoms with Gasteiger partial charge < -0.3 is 9.84 Å². The van der Waals surface area contributed by atoms with Crippen molar-refractivity contribution in [2.75, 3.05) is 0 Å². The molecule has 0 fully saturated rings. The molecule has 0 aromatic heterocycles. The van der Waals surface area contributed by atoms with E-state index in [4.69, 9.17) is 10.00 Å². The lowest BCUT2D eigenvalue weighted by molar-refractivity contribution is 0.195. The van der Waals surface area contributed by atoms with E-state index in [1.165, 1.54) is 31.2 Å². The predicted octanol–water partition coefficient (Wildman–Crippen LogP) is 3.68. The van der Waals surface area contributed by atoms with E-state index in [1.807, 2.05) is 0 Å². The Morgan fingerprint density at radius 2 is 1.95 bits per heavy atom. The molecule has 0 aliphatic heterocycles. The number of hydrogen-bond donors (Lipinski definition) is 1. The summed E-state index contributed by atoms with van der Waals surface area (Å²) >= 11 is 0. The molecule has 2 aromatic rings. The van der Waals surface area contributed by atoms with Crippen LogP contribution in [0.1, 0.15) is 24.2 Å². The Bertz CT molecular complexity index is 678. The first-order valence-corrected chi connectivity index (χ1v) is 5.86. The van der Waals surface area contributed by atoms with Crippen LogP contribution in [0.4, 0.5) is 8.78 Å². The topological polar surface area (TPSA) is 53.2 Å². The Balaban J connectivity index is 2.35. The van der Waals surface area contributed by atoms with Crippen molar-refractivity contribution in [2.45, 2.75) is 13.0 Å². The minimum Gasteiger partial charge on any atom is -0.457 e. The molecule has 0 radical (unpaired) electrons. The number of aliphatic hydroxyl groups is 1. The molecule has 0 spiro atoms. The lowest BCUT2D eigenvalue weighted by Gasteiger charge is -2.13. The Kier molecular flexibility index (Phi) is 3.97. The van der Waals surface area contributed by atoms with E-state index in [2.05, 4.69) is 0 Å². The number of aliphatic hydroxyl groups excluding tert-OH is 1. The van der Waals surface area contributed by atoms with Crippen LogP contribution < -0.4 is 4.74 Å². The van der Waals surface area contributed by atoms with Gasteiger partial charge >= 0.3 is 0 Å². The van der Waals surface area contributed by atoms with Crippen molar-refractivity contribution in [1.82, 2.24) is 0 Å². The van der Waals surface area contributed by atoms with Gasteiger partial charge in [-0.1, -0.05) is 0 Å². The number of benzene rings is 2. The van der Waals surface area contributed by atoms with Crippen molar-refractivity contribution in [3.8, 4) is 17.6 Å². The fraction of sp³-hybridized carbons (Fsp3) is 0.133. The summed E-state index contributed by atoms with van der Waals surface area (Å²) in [4.78, 5) is 0. The average molecular weight is 275 g/mol. The summed E-state index contributed by atoms with van der Waals surface area (Å²) in [7, 11) is 0. The van der Waals surface area contributed by atoms with Crippen molar-refractivity contribution in [2.24, 2.45) is 0 Å². The van der Waals surface area contributed by atoms with Crippen LogP contribution in [0.2, 0.25) is 0 Å². The largest absolute Gasteiger partial charge is 0.457 e. The SMILES string of the molecule is C[C@H](O)c1cc(F)ccc1Oc1ccc(C#N)c(F)c1. The Labute approximate surface area is 114 Å². The summed E-state index contributed by atoms with van der Waals surface area (Å²) in [5, 5.41) is 18.2. The third-order valence-electron chi connectivity index (χ3n) is 2.71. The van der Waals surface area contributed by atoms with Crippen LogP contribution in [0.5, 0.6) is 11.5 Å². The quantitative estimate of drug-likeness (QED) is 0.929. The Hall–Kier alpha value is -2.45. The molecule has 0 saturated heterocycles. The van der Waals surface area contributed by atoms with Crippen LogP contribution >= 0.6 is 0 Å². The second-order valence-electron chi connectivity index (χ2n) is 4.21. The molecule has 0 aliphatic carbocycles. The first-order valence-electron chi connectivity index (χ1n) is 5.86. The summed E-state index contributed by atoms with van der Waals surface area (Å²) < 4.78 is 32.0. The molecule has 0 amide bonds. The lowest BCUT2D eigenvalue weighted by Crippen LogP contribution is -1.97. The summed E-state index contributed by atoms with van der Waals surface area (Å²) in [6, 6.07) is 9.17. The molecule has 102 valence electrons. The molecule has 2 rings (SSSR count). The van der Waals surface area contributed by atoms with Crippen LogP contribution in [0.25, 0.3) is 0 Å². The molecule has 20 heavy (non-hydrogen) atoms. The molecule has 3 nitrogen and oxygen atoms in total. The summed E-state index contributed by atoms with van der Waals surface area (Å²) in [6.45, 7) is 1.47. The van der Waals surface area contributed by atoms with Gasteiger partial charge in [0.25, 0.3) is 0 Å². The third-order valence-corrected chi connectivity index (χ3v) is 2.71. The van der Waals surface area contributed by atoms with Crippen LogP contribution in [-0.4, -0.2) is 5.11 Å². The van der Waals surface area contributed by atoms with Gasteiger partial charge in [0.05, 0.1) is 11.7 Å². The van der Waals surface area contributed by atoms with E-state index < -0.39 is 17.7 Å². The predicted molar refractivity (Wildman–Crippen MR) is 68.2 cm³/mol. The van der Waals surface area contributed by atoms with Crippen molar-refractivity contribution >= 4 is 0 Å². The molecule has 1 atom stereocenters. The fourth-order valence-electron chi connectivity index (χ4n) is 1.72. The number of ether oxygens (including phenoxy) is 1. The number of halogens is 2. The first kappa shape index (κ1) is 14.0. The summed E-state index contributed by atoms with van der Waals surface area (Å²) in [5.74, 6) is -0.814. The zero-order valence-corrected chi connectivity index (χ0v) is 10.6. The van der Waals surface area contributed by atoms with Crippen LogP contribution in [-0.2, 0) is 0 Å². The van der Waals surface area contributed by atoms with Gasteiger partial charge in [-0.05, 0) is 37.3 Å². The number of nitrogens with zero attached hydrogens (tertiary/aromatic N) is 1. The maximum Gasteiger partial charge on any atom is 0.144 e. The van der Waals surface area contributed by atoms with Crippen LogP contribution in [0.15, 0.2) is 36.4 Å². The standard InChI is InChI=1S/C15H11F2NO2/c1-9(19)13-6-11(16)3-5-15(13)20-12-4-2-10(8-18)14(17)7-12/h2-7,9,19H,1H3/t9-/m0/s1.